The molecule has 3 rings (SSSR count). The predicted octanol–water partition coefficient (Wildman–Crippen LogP) is 3.35. The molecule has 0 atom stereocenters. The minimum Gasteiger partial charge on any atom is -0.457 e. The summed E-state index contributed by atoms with van der Waals surface area (Å²) in [6.45, 7) is 3.19. The molecule has 0 radical (unpaired) electrons. The summed E-state index contributed by atoms with van der Waals surface area (Å²) in [6.07, 6.45) is 1.34. The lowest BCUT2D eigenvalue weighted by Gasteiger charge is -2.13. The van der Waals surface area contributed by atoms with Gasteiger partial charge in [0.2, 0.25) is 5.76 Å². The van der Waals surface area contributed by atoms with Gasteiger partial charge < -0.3 is 14.5 Å². The summed E-state index contributed by atoms with van der Waals surface area (Å²) in [5.41, 5.74) is 2.77. The minimum absolute atomic E-state index is 0.0138. The molecule has 0 saturated heterocycles. The van der Waals surface area contributed by atoms with Crippen LogP contribution in [0.25, 0.3) is 5.69 Å². The van der Waals surface area contributed by atoms with Gasteiger partial charge in [0.25, 0.3) is 5.91 Å². The van der Waals surface area contributed by atoms with E-state index in [1.807, 2.05) is 44.2 Å². The molecule has 0 unspecified atom stereocenters. The number of aromatic nitrogens is 1. The van der Waals surface area contributed by atoms with Gasteiger partial charge in [-0.05, 0) is 43.7 Å². The molecule has 2 heterocycles. The molecule has 0 bridgehead atoms. The van der Waals surface area contributed by atoms with Crippen LogP contribution in [0.1, 0.15) is 27.4 Å². The molecule has 0 aliphatic rings. The van der Waals surface area contributed by atoms with Gasteiger partial charge in [-0.3, -0.25) is 9.36 Å². The lowest BCUT2D eigenvalue weighted by Crippen LogP contribution is -2.22. The Bertz CT molecular complexity index is 1010. The van der Waals surface area contributed by atoms with Crippen molar-refractivity contribution >= 4 is 17.7 Å². The second-order valence-electron chi connectivity index (χ2n) is 5.82. The number of nitrogens with one attached hydrogen (secondary N) is 1. The van der Waals surface area contributed by atoms with Gasteiger partial charge in [-0.2, -0.15) is 5.26 Å². The number of nitriles is 1. The number of carbonyl (C=O) groups is 2. The Labute approximate surface area is 155 Å². The van der Waals surface area contributed by atoms with Crippen molar-refractivity contribution in [2.45, 2.75) is 13.8 Å². The molecular weight excluding hydrogens is 346 g/mol. The topological polar surface area (TPSA) is 97.3 Å². The predicted molar refractivity (Wildman–Crippen MR) is 97.6 cm³/mol. The highest BCUT2D eigenvalue weighted by Gasteiger charge is 2.21. The zero-order valence-corrected chi connectivity index (χ0v) is 14.9. The number of para-hydroxylation sites is 1. The van der Waals surface area contributed by atoms with E-state index in [0.29, 0.717) is 11.4 Å². The van der Waals surface area contributed by atoms with Crippen molar-refractivity contribution in [1.29, 1.82) is 5.26 Å². The number of rotatable bonds is 5. The number of carbonyl (C=O) groups excluding carboxylic acids is 2. The zero-order valence-electron chi connectivity index (χ0n) is 14.9. The molecule has 7 heteroatoms. The van der Waals surface area contributed by atoms with Crippen LogP contribution in [0.3, 0.4) is 0 Å². The molecule has 1 N–H and O–H groups in total. The molecule has 0 saturated carbocycles. The monoisotopic (exact) mass is 363 g/mol. The van der Waals surface area contributed by atoms with E-state index in [4.69, 9.17) is 9.15 Å². The fraction of sp³-hybridized carbons (Fsp3) is 0.150. The van der Waals surface area contributed by atoms with Crippen LogP contribution in [0.4, 0.5) is 5.82 Å². The highest BCUT2D eigenvalue weighted by Crippen LogP contribution is 2.29. The zero-order chi connectivity index (χ0) is 19.4. The second kappa shape index (κ2) is 7.62. The first-order valence-corrected chi connectivity index (χ1v) is 8.20. The quantitative estimate of drug-likeness (QED) is 0.701. The van der Waals surface area contributed by atoms with Gasteiger partial charge in [0.05, 0.1) is 11.8 Å². The third kappa shape index (κ3) is 3.60. The normalized spacial score (nSPS) is 10.3. The molecule has 3 aromatic rings. The van der Waals surface area contributed by atoms with Crippen LogP contribution < -0.4 is 5.32 Å². The van der Waals surface area contributed by atoms with E-state index in [0.717, 1.165) is 16.9 Å². The van der Waals surface area contributed by atoms with Gasteiger partial charge in [0, 0.05) is 11.4 Å². The van der Waals surface area contributed by atoms with E-state index in [1.165, 1.54) is 12.3 Å². The standard InChI is InChI=1S/C20H17N3O4/c1-13-14(2)23(15-7-4-3-5-8-15)19(16(13)11-21)22-18(24)12-27-20(25)17-9-6-10-26-17/h3-10H,12H2,1-2H3,(H,22,24). The average molecular weight is 363 g/mol. The summed E-state index contributed by atoms with van der Waals surface area (Å²) in [5.74, 6) is -0.930. The lowest BCUT2D eigenvalue weighted by atomic mass is 10.2. The Morgan fingerprint density at radius 2 is 1.93 bits per heavy atom. The highest BCUT2D eigenvalue weighted by molar-refractivity contribution is 5.95. The smallest absolute Gasteiger partial charge is 0.374 e. The van der Waals surface area contributed by atoms with E-state index in [-0.39, 0.29) is 5.76 Å². The van der Waals surface area contributed by atoms with E-state index >= 15 is 0 Å². The Balaban J connectivity index is 1.83. The maximum Gasteiger partial charge on any atom is 0.374 e. The first kappa shape index (κ1) is 18.0. The van der Waals surface area contributed by atoms with Crippen LogP contribution in [0.15, 0.2) is 53.1 Å². The molecule has 0 spiro atoms. The van der Waals surface area contributed by atoms with Crippen LogP contribution >= 0.6 is 0 Å². The molecule has 1 aromatic carbocycles. The van der Waals surface area contributed by atoms with Crippen LogP contribution in [-0.4, -0.2) is 23.1 Å². The van der Waals surface area contributed by atoms with E-state index in [2.05, 4.69) is 11.4 Å². The molecule has 0 fully saturated rings. The third-order valence-corrected chi connectivity index (χ3v) is 4.15. The minimum atomic E-state index is -0.735. The highest BCUT2D eigenvalue weighted by atomic mass is 16.5. The molecule has 0 aliphatic heterocycles. The SMILES string of the molecule is Cc1c(C#N)c(NC(=O)COC(=O)c2ccco2)n(-c2ccccc2)c1C. The Morgan fingerprint density at radius 3 is 2.56 bits per heavy atom. The number of anilines is 1. The van der Waals surface area contributed by atoms with E-state index < -0.39 is 18.5 Å². The largest absolute Gasteiger partial charge is 0.457 e. The molecular formula is C20H17N3O4. The molecule has 2 aromatic heterocycles. The van der Waals surface area contributed by atoms with E-state index in [1.54, 1.807) is 10.6 Å². The number of amides is 1. The Hall–Kier alpha value is -3.79. The van der Waals surface area contributed by atoms with Crippen molar-refractivity contribution < 1.29 is 18.7 Å². The van der Waals surface area contributed by atoms with Crippen molar-refractivity contribution in [3.8, 4) is 11.8 Å². The number of furan rings is 1. The number of esters is 1. The second-order valence-corrected chi connectivity index (χ2v) is 5.82. The Morgan fingerprint density at radius 1 is 1.19 bits per heavy atom. The summed E-state index contributed by atoms with van der Waals surface area (Å²) >= 11 is 0. The summed E-state index contributed by atoms with van der Waals surface area (Å²) in [4.78, 5) is 24.1. The first-order chi connectivity index (χ1) is 13.0. The number of hydrogen-bond acceptors (Lipinski definition) is 5. The van der Waals surface area contributed by atoms with Gasteiger partial charge >= 0.3 is 5.97 Å². The van der Waals surface area contributed by atoms with Crippen molar-refractivity contribution in [1.82, 2.24) is 4.57 Å². The molecule has 136 valence electrons. The summed E-state index contributed by atoms with van der Waals surface area (Å²) in [7, 11) is 0. The molecule has 0 aliphatic carbocycles. The maximum absolute atomic E-state index is 12.3. The van der Waals surface area contributed by atoms with Gasteiger partial charge in [-0.1, -0.05) is 18.2 Å². The summed E-state index contributed by atoms with van der Waals surface area (Å²) < 4.78 is 11.7. The Kier molecular flexibility index (Phi) is 5.08. The number of ether oxygens (including phenoxy) is 1. The number of hydrogen-bond donors (Lipinski definition) is 1. The van der Waals surface area contributed by atoms with E-state index in [9.17, 15) is 14.9 Å². The summed E-state index contributed by atoms with van der Waals surface area (Å²) in [6, 6.07) is 14.5. The van der Waals surface area contributed by atoms with Gasteiger partial charge in [-0.15, -0.1) is 0 Å². The van der Waals surface area contributed by atoms with Crippen molar-refractivity contribution in [3.05, 3.63) is 71.3 Å². The third-order valence-electron chi connectivity index (χ3n) is 4.15. The van der Waals surface area contributed by atoms with Gasteiger partial charge in [0.15, 0.2) is 6.61 Å². The van der Waals surface area contributed by atoms with Gasteiger partial charge in [-0.25, -0.2) is 4.79 Å². The fourth-order valence-corrected chi connectivity index (χ4v) is 2.73. The van der Waals surface area contributed by atoms with Crippen LogP contribution in [0.5, 0.6) is 0 Å². The number of benzene rings is 1. The van der Waals surface area contributed by atoms with Gasteiger partial charge in [0.1, 0.15) is 11.9 Å². The van der Waals surface area contributed by atoms with Crippen LogP contribution in [0.2, 0.25) is 0 Å². The lowest BCUT2D eigenvalue weighted by molar-refractivity contribution is -0.119. The van der Waals surface area contributed by atoms with Crippen molar-refractivity contribution in [2.24, 2.45) is 0 Å². The van der Waals surface area contributed by atoms with Crippen LogP contribution in [-0.2, 0) is 9.53 Å². The first-order valence-electron chi connectivity index (χ1n) is 8.20. The molecule has 27 heavy (non-hydrogen) atoms. The summed E-state index contributed by atoms with van der Waals surface area (Å²) in [5, 5.41) is 12.2. The maximum atomic E-state index is 12.3. The molecule has 1 amide bonds. The molecule has 7 nitrogen and oxygen atoms in total. The van der Waals surface area contributed by atoms with Crippen molar-refractivity contribution in [3.63, 3.8) is 0 Å². The van der Waals surface area contributed by atoms with Crippen LogP contribution in [0, 0.1) is 25.2 Å². The fourth-order valence-electron chi connectivity index (χ4n) is 2.73. The van der Waals surface area contributed by atoms with Crippen molar-refractivity contribution in [2.75, 3.05) is 11.9 Å². The average Bonchev–Trinajstić information content (AvgIpc) is 3.29. The number of nitrogens with zero attached hydrogens (tertiary/aromatic N) is 2.